The molecule has 136 valence electrons. The van der Waals surface area contributed by atoms with Crippen LogP contribution in [0.1, 0.15) is 20.9 Å². The van der Waals surface area contributed by atoms with E-state index in [1.807, 2.05) is 11.9 Å². The second kappa shape index (κ2) is 8.11. The lowest BCUT2D eigenvalue weighted by molar-refractivity contribution is 0.0665. The molecule has 2 aromatic rings. The number of furan rings is 1. The number of likely N-dealkylation sites (N-methyl/N-ethyl adjacent to an activating group) is 1. The number of rotatable bonds is 3. The molecule has 1 saturated heterocycles. The first-order valence-electron chi connectivity index (χ1n) is 8.27. The van der Waals surface area contributed by atoms with Gasteiger partial charge >= 0.3 is 0 Å². The summed E-state index contributed by atoms with van der Waals surface area (Å²) in [5.41, 5.74) is 1.08. The van der Waals surface area contributed by atoms with Gasteiger partial charge in [-0.2, -0.15) is 0 Å². The van der Waals surface area contributed by atoms with Gasteiger partial charge in [0.05, 0.1) is 17.5 Å². The number of amides is 2. The van der Waals surface area contributed by atoms with E-state index in [1.54, 1.807) is 36.4 Å². The number of carbonyl (C=O) groups excluding carboxylic acids is 2. The molecule has 0 unspecified atom stereocenters. The van der Waals surface area contributed by atoms with Crippen LogP contribution in [0.2, 0.25) is 0 Å². The molecule has 8 heteroatoms. The summed E-state index contributed by atoms with van der Waals surface area (Å²) in [6, 6.07) is 10.3. The van der Waals surface area contributed by atoms with Crippen LogP contribution in [0.15, 0.2) is 47.1 Å². The van der Waals surface area contributed by atoms with Gasteiger partial charge in [0.25, 0.3) is 11.8 Å². The Balaban J connectivity index is 1.68. The van der Waals surface area contributed by atoms with Gasteiger partial charge < -0.3 is 19.5 Å². The van der Waals surface area contributed by atoms with Crippen molar-refractivity contribution in [3.05, 3.63) is 54.0 Å². The number of para-hydroxylation sites is 1. The third-order valence-electron chi connectivity index (χ3n) is 4.17. The SMILES string of the molecule is CN1CCN(C(=O)c2ccccc2NC(=S)NC(=O)c2ccco2)CC1. The fraction of sp³-hybridized carbons (Fsp3) is 0.278. The van der Waals surface area contributed by atoms with Crippen LogP contribution in [0.5, 0.6) is 0 Å². The maximum Gasteiger partial charge on any atom is 0.293 e. The van der Waals surface area contributed by atoms with Crippen molar-refractivity contribution in [3.63, 3.8) is 0 Å². The molecule has 3 rings (SSSR count). The second-order valence-corrected chi connectivity index (χ2v) is 6.43. The topological polar surface area (TPSA) is 77.8 Å². The minimum absolute atomic E-state index is 0.0543. The van der Waals surface area contributed by atoms with E-state index >= 15 is 0 Å². The summed E-state index contributed by atoms with van der Waals surface area (Å²) in [6.45, 7) is 3.06. The van der Waals surface area contributed by atoms with Gasteiger partial charge in [-0.05, 0) is 43.5 Å². The highest BCUT2D eigenvalue weighted by molar-refractivity contribution is 7.80. The molecule has 1 aromatic heterocycles. The molecular weight excluding hydrogens is 352 g/mol. The maximum absolute atomic E-state index is 12.8. The van der Waals surface area contributed by atoms with Crippen molar-refractivity contribution in [2.75, 3.05) is 38.5 Å². The molecule has 7 nitrogen and oxygen atoms in total. The Morgan fingerprint density at radius 1 is 1.08 bits per heavy atom. The van der Waals surface area contributed by atoms with E-state index in [9.17, 15) is 9.59 Å². The maximum atomic E-state index is 12.8. The van der Waals surface area contributed by atoms with Gasteiger partial charge in [0.1, 0.15) is 0 Å². The fourth-order valence-electron chi connectivity index (χ4n) is 2.68. The average Bonchev–Trinajstić information content (AvgIpc) is 3.17. The van der Waals surface area contributed by atoms with Gasteiger partial charge in [-0.3, -0.25) is 14.9 Å². The van der Waals surface area contributed by atoms with Gasteiger partial charge in [0, 0.05) is 26.2 Å². The van der Waals surface area contributed by atoms with Gasteiger partial charge in [0.15, 0.2) is 10.9 Å². The molecule has 26 heavy (non-hydrogen) atoms. The van der Waals surface area contributed by atoms with Crippen molar-refractivity contribution in [2.45, 2.75) is 0 Å². The van der Waals surface area contributed by atoms with E-state index in [-0.39, 0.29) is 16.8 Å². The van der Waals surface area contributed by atoms with Crippen LogP contribution >= 0.6 is 12.2 Å². The lowest BCUT2D eigenvalue weighted by atomic mass is 10.1. The van der Waals surface area contributed by atoms with Crippen molar-refractivity contribution in [3.8, 4) is 0 Å². The van der Waals surface area contributed by atoms with Gasteiger partial charge in [-0.1, -0.05) is 12.1 Å². The summed E-state index contributed by atoms with van der Waals surface area (Å²) in [6.07, 6.45) is 1.41. The average molecular weight is 372 g/mol. The first-order chi connectivity index (χ1) is 12.5. The van der Waals surface area contributed by atoms with Crippen molar-refractivity contribution in [1.82, 2.24) is 15.1 Å². The van der Waals surface area contributed by atoms with E-state index in [4.69, 9.17) is 16.6 Å². The van der Waals surface area contributed by atoms with Gasteiger partial charge in [-0.25, -0.2) is 0 Å². The Kier molecular flexibility index (Phi) is 5.65. The molecule has 1 aromatic carbocycles. The molecule has 2 amide bonds. The summed E-state index contributed by atoms with van der Waals surface area (Å²) >= 11 is 5.19. The van der Waals surface area contributed by atoms with Crippen LogP contribution in [0, 0.1) is 0 Å². The number of hydrogen-bond acceptors (Lipinski definition) is 5. The van der Waals surface area contributed by atoms with E-state index in [0.717, 1.165) is 13.1 Å². The Labute approximate surface area is 156 Å². The van der Waals surface area contributed by atoms with Crippen molar-refractivity contribution in [2.24, 2.45) is 0 Å². The molecule has 0 aliphatic carbocycles. The summed E-state index contributed by atoms with van der Waals surface area (Å²) < 4.78 is 5.03. The third-order valence-corrected chi connectivity index (χ3v) is 4.37. The highest BCUT2D eigenvalue weighted by Gasteiger charge is 2.22. The molecule has 1 aliphatic heterocycles. The van der Waals surface area contributed by atoms with Crippen LogP contribution in [0.25, 0.3) is 0 Å². The largest absolute Gasteiger partial charge is 0.459 e. The summed E-state index contributed by atoms with van der Waals surface area (Å²) in [7, 11) is 2.04. The number of nitrogens with one attached hydrogen (secondary N) is 2. The van der Waals surface area contributed by atoms with Gasteiger partial charge in [0.2, 0.25) is 0 Å². The Hall–Kier alpha value is -2.71. The summed E-state index contributed by atoms with van der Waals surface area (Å²) in [4.78, 5) is 28.8. The molecule has 2 N–H and O–H groups in total. The van der Waals surface area contributed by atoms with Gasteiger partial charge in [-0.15, -0.1) is 0 Å². The quantitative estimate of drug-likeness (QED) is 0.800. The molecule has 1 fully saturated rings. The lowest BCUT2D eigenvalue weighted by Crippen LogP contribution is -2.47. The van der Waals surface area contributed by atoms with Crippen LogP contribution in [0.4, 0.5) is 5.69 Å². The second-order valence-electron chi connectivity index (χ2n) is 6.03. The molecule has 1 aliphatic rings. The number of anilines is 1. The first-order valence-corrected chi connectivity index (χ1v) is 8.68. The van der Waals surface area contributed by atoms with Crippen LogP contribution in [0.3, 0.4) is 0 Å². The lowest BCUT2D eigenvalue weighted by Gasteiger charge is -2.32. The number of benzene rings is 1. The zero-order chi connectivity index (χ0) is 18.5. The van der Waals surface area contributed by atoms with Crippen LogP contribution < -0.4 is 10.6 Å². The predicted molar refractivity (Wildman–Crippen MR) is 102 cm³/mol. The van der Waals surface area contributed by atoms with Crippen molar-refractivity contribution in [1.29, 1.82) is 0 Å². The smallest absolute Gasteiger partial charge is 0.293 e. The van der Waals surface area contributed by atoms with Crippen LogP contribution in [-0.2, 0) is 0 Å². The molecule has 0 bridgehead atoms. The fourth-order valence-corrected chi connectivity index (χ4v) is 2.89. The highest BCUT2D eigenvalue weighted by Crippen LogP contribution is 2.18. The zero-order valence-corrected chi connectivity index (χ0v) is 15.2. The van der Waals surface area contributed by atoms with E-state index in [2.05, 4.69) is 15.5 Å². The highest BCUT2D eigenvalue weighted by atomic mass is 32.1. The number of piperazine rings is 1. The summed E-state index contributed by atoms with van der Waals surface area (Å²) in [5.74, 6) is -0.340. The Bertz CT molecular complexity index is 799. The predicted octanol–water partition coefficient (Wildman–Crippen LogP) is 1.79. The monoisotopic (exact) mass is 372 g/mol. The minimum atomic E-state index is -0.449. The molecular formula is C18H20N4O3S. The number of hydrogen-bond donors (Lipinski definition) is 2. The third kappa shape index (κ3) is 4.27. The number of thiocarbonyl (C=S) groups is 1. The standard InChI is InChI=1S/C18H20N4O3S/c1-21-8-10-22(11-9-21)17(24)13-5-2-3-6-14(13)19-18(26)20-16(23)15-7-4-12-25-15/h2-7,12H,8-11H2,1H3,(H2,19,20,23,26). The molecule has 0 saturated carbocycles. The van der Waals surface area contributed by atoms with E-state index < -0.39 is 5.91 Å². The Morgan fingerprint density at radius 3 is 2.50 bits per heavy atom. The van der Waals surface area contributed by atoms with Crippen molar-refractivity contribution < 1.29 is 14.0 Å². The minimum Gasteiger partial charge on any atom is -0.459 e. The van der Waals surface area contributed by atoms with E-state index in [0.29, 0.717) is 24.3 Å². The normalized spacial score (nSPS) is 14.7. The zero-order valence-electron chi connectivity index (χ0n) is 14.4. The number of nitrogens with zero attached hydrogens (tertiary/aromatic N) is 2. The molecule has 0 atom stereocenters. The van der Waals surface area contributed by atoms with Crippen LogP contribution in [-0.4, -0.2) is 60.0 Å². The Morgan fingerprint density at radius 2 is 1.81 bits per heavy atom. The summed E-state index contributed by atoms with van der Waals surface area (Å²) in [5, 5.41) is 5.57. The van der Waals surface area contributed by atoms with E-state index in [1.165, 1.54) is 6.26 Å². The molecule has 0 radical (unpaired) electrons. The molecule has 0 spiro atoms. The molecule has 2 heterocycles. The first kappa shape index (κ1) is 18.1. The number of carbonyl (C=O) groups is 2. The van der Waals surface area contributed by atoms with Crippen molar-refractivity contribution >= 4 is 34.8 Å².